The Hall–Kier alpha value is -1.07. The number of fused-ring (bicyclic) bond motifs is 1. The molecular formula is C13H20O5. The van der Waals surface area contributed by atoms with Crippen LogP contribution in [-0.4, -0.2) is 37.7 Å². The number of ether oxygens (including phenoxy) is 3. The number of hydrogen-bond donors (Lipinski definition) is 1. The molecule has 0 bridgehead atoms. The van der Waals surface area contributed by atoms with Crippen LogP contribution in [0.3, 0.4) is 0 Å². The Kier molecular flexibility index (Phi) is 4.24. The van der Waals surface area contributed by atoms with Crippen molar-refractivity contribution >= 4 is 5.97 Å². The Morgan fingerprint density at radius 3 is 2.94 bits per heavy atom. The molecule has 1 saturated carbocycles. The molecule has 2 rings (SSSR count). The van der Waals surface area contributed by atoms with Gasteiger partial charge >= 0.3 is 5.97 Å². The third-order valence-corrected chi connectivity index (χ3v) is 3.89. The van der Waals surface area contributed by atoms with Crippen molar-refractivity contribution in [1.29, 1.82) is 0 Å². The van der Waals surface area contributed by atoms with E-state index in [-0.39, 0.29) is 36.6 Å². The van der Waals surface area contributed by atoms with Crippen LogP contribution < -0.4 is 0 Å². The zero-order chi connectivity index (χ0) is 13.1. The zero-order valence-electron chi connectivity index (χ0n) is 10.8. The van der Waals surface area contributed by atoms with Crippen LogP contribution in [0.5, 0.6) is 0 Å². The van der Waals surface area contributed by atoms with Gasteiger partial charge in [0.15, 0.2) is 0 Å². The summed E-state index contributed by atoms with van der Waals surface area (Å²) in [7, 11) is 1.37. The summed E-state index contributed by atoms with van der Waals surface area (Å²) in [5, 5.41) is 9.43. The highest BCUT2D eigenvalue weighted by atomic mass is 16.7. The van der Waals surface area contributed by atoms with Crippen molar-refractivity contribution in [1.82, 2.24) is 0 Å². The summed E-state index contributed by atoms with van der Waals surface area (Å²) < 4.78 is 15.8. The lowest BCUT2D eigenvalue weighted by molar-refractivity contribution is -0.167. The second-order valence-electron chi connectivity index (χ2n) is 4.73. The van der Waals surface area contributed by atoms with E-state index in [1.54, 1.807) is 0 Å². The Bertz CT molecular complexity index is 338. The minimum Gasteiger partial charge on any atom is -0.472 e. The van der Waals surface area contributed by atoms with Crippen LogP contribution in [0.25, 0.3) is 0 Å². The lowest BCUT2D eigenvalue weighted by Gasteiger charge is -2.35. The Labute approximate surface area is 107 Å². The maximum atomic E-state index is 11.7. The summed E-state index contributed by atoms with van der Waals surface area (Å²) in [6, 6.07) is 0. The van der Waals surface area contributed by atoms with Crippen molar-refractivity contribution in [2.45, 2.75) is 26.1 Å². The molecule has 4 unspecified atom stereocenters. The molecular weight excluding hydrogens is 236 g/mol. The first-order valence-corrected chi connectivity index (χ1v) is 6.39. The fourth-order valence-electron chi connectivity index (χ4n) is 3.05. The number of aliphatic hydroxyl groups is 1. The highest BCUT2D eigenvalue weighted by Crippen LogP contribution is 2.46. The second-order valence-corrected chi connectivity index (χ2v) is 4.73. The van der Waals surface area contributed by atoms with Crippen molar-refractivity contribution in [3.63, 3.8) is 0 Å². The molecule has 0 amide bonds. The van der Waals surface area contributed by atoms with Gasteiger partial charge in [-0.25, -0.2) is 4.79 Å². The first-order chi connectivity index (χ1) is 8.72. The molecule has 102 valence electrons. The summed E-state index contributed by atoms with van der Waals surface area (Å²) in [6.45, 7) is 2.55. The lowest BCUT2D eigenvalue weighted by Crippen LogP contribution is -2.39. The van der Waals surface area contributed by atoms with E-state index in [1.807, 2.05) is 6.92 Å². The van der Waals surface area contributed by atoms with E-state index in [9.17, 15) is 9.90 Å². The van der Waals surface area contributed by atoms with Crippen molar-refractivity contribution in [2.75, 3.05) is 20.3 Å². The minimum atomic E-state index is -0.368. The van der Waals surface area contributed by atoms with Crippen molar-refractivity contribution in [2.24, 2.45) is 17.8 Å². The maximum Gasteiger partial charge on any atom is 0.337 e. The van der Waals surface area contributed by atoms with Gasteiger partial charge in [0.05, 0.1) is 18.9 Å². The largest absolute Gasteiger partial charge is 0.472 e. The topological polar surface area (TPSA) is 65.0 Å². The van der Waals surface area contributed by atoms with E-state index in [1.165, 1.54) is 13.4 Å². The molecule has 0 aromatic rings. The van der Waals surface area contributed by atoms with E-state index in [0.29, 0.717) is 12.2 Å². The van der Waals surface area contributed by atoms with Gasteiger partial charge in [0.1, 0.15) is 0 Å². The molecule has 1 heterocycles. The predicted molar refractivity (Wildman–Crippen MR) is 63.4 cm³/mol. The Morgan fingerprint density at radius 2 is 2.33 bits per heavy atom. The molecule has 0 saturated heterocycles. The van der Waals surface area contributed by atoms with Gasteiger partial charge in [-0.3, -0.25) is 0 Å². The van der Waals surface area contributed by atoms with E-state index < -0.39 is 0 Å². The Balaban J connectivity index is 2.22. The molecule has 5 heteroatoms. The number of methoxy groups -OCH3 is 1. The van der Waals surface area contributed by atoms with Crippen LogP contribution in [0.15, 0.2) is 11.8 Å². The molecule has 0 spiro atoms. The number of aliphatic hydroxyl groups excluding tert-OH is 1. The Morgan fingerprint density at radius 1 is 1.56 bits per heavy atom. The molecule has 18 heavy (non-hydrogen) atoms. The number of rotatable bonds is 4. The van der Waals surface area contributed by atoms with Gasteiger partial charge < -0.3 is 19.3 Å². The van der Waals surface area contributed by atoms with Crippen molar-refractivity contribution in [3.8, 4) is 0 Å². The molecule has 0 aromatic carbocycles. The molecule has 2 aliphatic rings. The van der Waals surface area contributed by atoms with Crippen LogP contribution in [0.2, 0.25) is 0 Å². The van der Waals surface area contributed by atoms with Gasteiger partial charge in [-0.2, -0.15) is 0 Å². The highest BCUT2D eigenvalue weighted by molar-refractivity contribution is 5.89. The average Bonchev–Trinajstić information content (AvgIpc) is 2.82. The monoisotopic (exact) mass is 256 g/mol. The normalized spacial score (nSPS) is 34.5. The number of carbonyl (C=O) groups is 1. The number of hydrogen-bond acceptors (Lipinski definition) is 5. The molecule has 1 N–H and O–H groups in total. The van der Waals surface area contributed by atoms with Crippen LogP contribution in [0, 0.1) is 17.8 Å². The molecule has 4 atom stereocenters. The average molecular weight is 256 g/mol. The molecule has 5 nitrogen and oxygen atoms in total. The summed E-state index contributed by atoms with van der Waals surface area (Å²) in [5.41, 5.74) is 0.564. The number of esters is 1. The second kappa shape index (κ2) is 5.71. The molecule has 1 aliphatic carbocycles. The standard InChI is InChI=1S/C13H20O5/c1-3-17-13-11-8(6-14)4-5-9(11)10(7-18-13)12(15)16-2/h7-9,11,13-14H,3-6H2,1-2H3. The zero-order valence-corrected chi connectivity index (χ0v) is 10.8. The summed E-state index contributed by atoms with van der Waals surface area (Å²) in [6.07, 6.45) is 2.84. The first-order valence-electron chi connectivity index (χ1n) is 6.39. The van der Waals surface area contributed by atoms with Crippen LogP contribution in [-0.2, 0) is 19.0 Å². The van der Waals surface area contributed by atoms with Crippen molar-refractivity contribution in [3.05, 3.63) is 11.8 Å². The van der Waals surface area contributed by atoms with E-state index in [4.69, 9.17) is 14.2 Å². The molecule has 0 aromatic heterocycles. The van der Waals surface area contributed by atoms with E-state index >= 15 is 0 Å². The summed E-state index contributed by atoms with van der Waals surface area (Å²) in [5.74, 6) is -0.118. The van der Waals surface area contributed by atoms with E-state index in [2.05, 4.69) is 0 Å². The third-order valence-electron chi connectivity index (χ3n) is 3.89. The SMILES string of the molecule is CCOC1OC=C(C(=O)OC)C2CCC(CO)C12. The van der Waals surface area contributed by atoms with Crippen LogP contribution in [0.4, 0.5) is 0 Å². The fraction of sp³-hybridized carbons (Fsp3) is 0.769. The van der Waals surface area contributed by atoms with E-state index in [0.717, 1.165) is 12.8 Å². The smallest absolute Gasteiger partial charge is 0.337 e. The van der Waals surface area contributed by atoms with Gasteiger partial charge in [-0.1, -0.05) is 0 Å². The van der Waals surface area contributed by atoms with Crippen LogP contribution >= 0.6 is 0 Å². The van der Waals surface area contributed by atoms with Gasteiger partial charge in [-0.05, 0) is 25.7 Å². The van der Waals surface area contributed by atoms with Crippen LogP contribution in [0.1, 0.15) is 19.8 Å². The molecule has 0 radical (unpaired) electrons. The molecule has 1 aliphatic heterocycles. The first kappa shape index (κ1) is 13.4. The maximum absolute atomic E-state index is 11.7. The predicted octanol–water partition coefficient (Wildman–Crippen LogP) is 1.07. The van der Waals surface area contributed by atoms with Gasteiger partial charge in [0, 0.05) is 25.0 Å². The molecule has 1 fully saturated rings. The summed E-state index contributed by atoms with van der Waals surface area (Å²) >= 11 is 0. The third kappa shape index (κ3) is 2.24. The van der Waals surface area contributed by atoms with Gasteiger partial charge in [-0.15, -0.1) is 0 Å². The highest BCUT2D eigenvalue weighted by Gasteiger charge is 2.48. The fourth-order valence-corrected chi connectivity index (χ4v) is 3.05. The quantitative estimate of drug-likeness (QED) is 0.762. The summed E-state index contributed by atoms with van der Waals surface area (Å²) in [4.78, 5) is 11.7. The minimum absolute atomic E-state index is 0.0362. The lowest BCUT2D eigenvalue weighted by atomic mass is 9.83. The number of carbonyl (C=O) groups excluding carboxylic acids is 1. The van der Waals surface area contributed by atoms with Gasteiger partial charge in [0.25, 0.3) is 0 Å². The van der Waals surface area contributed by atoms with Crippen molar-refractivity contribution < 1.29 is 24.1 Å². The van der Waals surface area contributed by atoms with Gasteiger partial charge in [0.2, 0.25) is 6.29 Å².